The number of nitrogens with two attached hydrogens (primary N) is 1. The summed E-state index contributed by atoms with van der Waals surface area (Å²) in [5.41, 5.74) is 5.93. The zero-order valence-electron chi connectivity index (χ0n) is 9.70. The first-order valence-electron chi connectivity index (χ1n) is 4.92. The van der Waals surface area contributed by atoms with Crippen molar-refractivity contribution in [3.05, 3.63) is 24.0 Å². The third kappa shape index (κ3) is 5.01. The van der Waals surface area contributed by atoms with Crippen molar-refractivity contribution in [2.45, 2.75) is 19.4 Å². The van der Waals surface area contributed by atoms with Gasteiger partial charge in [0.05, 0.1) is 12.8 Å². The molecule has 1 rings (SSSR count). The summed E-state index contributed by atoms with van der Waals surface area (Å²) in [7, 11) is 1.41. The van der Waals surface area contributed by atoms with E-state index in [4.69, 9.17) is 10.5 Å². The van der Waals surface area contributed by atoms with Crippen LogP contribution in [0.2, 0.25) is 0 Å². The molecule has 0 aliphatic rings. The maximum atomic E-state index is 12.9. The smallest absolute Gasteiger partial charge is 0.226 e. The number of carbonyl (C=O) groups excluding carboxylic acids is 1. The maximum absolute atomic E-state index is 12.9. The Kier molecular flexibility index (Phi) is 6.53. The van der Waals surface area contributed by atoms with Crippen LogP contribution in [0.25, 0.3) is 0 Å². The van der Waals surface area contributed by atoms with Gasteiger partial charge in [-0.1, -0.05) is 0 Å². The minimum Gasteiger partial charge on any atom is -0.494 e. The highest BCUT2D eigenvalue weighted by atomic mass is 35.5. The molecule has 0 spiro atoms. The van der Waals surface area contributed by atoms with Crippen molar-refractivity contribution in [3.63, 3.8) is 0 Å². The Balaban J connectivity index is 0.00000256. The van der Waals surface area contributed by atoms with Crippen molar-refractivity contribution in [3.8, 4) is 5.75 Å². The van der Waals surface area contributed by atoms with Gasteiger partial charge in [-0.25, -0.2) is 4.39 Å². The molecule has 4 nitrogen and oxygen atoms in total. The van der Waals surface area contributed by atoms with Crippen molar-refractivity contribution in [2.75, 3.05) is 12.4 Å². The van der Waals surface area contributed by atoms with Gasteiger partial charge in [0.1, 0.15) is 11.6 Å². The lowest BCUT2D eigenvalue weighted by Crippen LogP contribution is -2.24. The van der Waals surface area contributed by atoms with Gasteiger partial charge in [0.2, 0.25) is 5.91 Å². The van der Waals surface area contributed by atoms with E-state index in [1.54, 1.807) is 6.92 Å². The summed E-state index contributed by atoms with van der Waals surface area (Å²) in [5, 5.41) is 2.61. The molecule has 6 heteroatoms. The highest BCUT2D eigenvalue weighted by molar-refractivity contribution is 5.92. The van der Waals surface area contributed by atoms with E-state index >= 15 is 0 Å². The summed E-state index contributed by atoms with van der Waals surface area (Å²) in [6.07, 6.45) is 0.209. The van der Waals surface area contributed by atoms with Crippen molar-refractivity contribution in [1.82, 2.24) is 0 Å². The zero-order chi connectivity index (χ0) is 12.1. The van der Waals surface area contributed by atoms with Crippen molar-refractivity contribution in [2.24, 2.45) is 5.73 Å². The maximum Gasteiger partial charge on any atom is 0.226 e. The Morgan fingerprint density at radius 1 is 1.59 bits per heavy atom. The second-order valence-electron chi connectivity index (χ2n) is 3.57. The fourth-order valence-electron chi connectivity index (χ4n) is 1.26. The Hall–Kier alpha value is -1.33. The summed E-state index contributed by atoms with van der Waals surface area (Å²) in [4.78, 5) is 11.4. The normalized spacial score (nSPS) is 11.3. The van der Waals surface area contributed by atoms with Crippen LogP contribution in [-0.2, 0) is 4.79 Å². The van der Waals surface area contributed by atoms with Crippen molar-refractivity contribution in [1.29, 1.82) is 0 Å². The van der Waals surface area contributed by atoms with Crippen LogP contribution in [0.4, 0.5) is 10.1 Å². The topological polar surface area (TPSA) is 64.3 Å². The number of carbonyl (C=O) groups is 1. The van der Waals surface area contributed by atoms with Crippen LogP contribution in [0.1, 0.15) is 13.3 Å². The number of amides is 1. The highest BCUT2D eigenvalue weighted by Crippen LogP contribution is 2.24. The SMILES string of the molecule is COc1cc(F)ccc1NC(=O)CC(C)N.Cl. The molecule has 0 aromatic heterocycles. The summed E-state index contributed by atoms with van der Waals surface area (Å²) in [6, 6.07) is 3.70. The third-order valence-corrected chi connectivity index (χ3v) is 1.95. The van der Waals surface area contributed by atoms with Gasteiger partial charge in [-0.3, -0.25) is 4.79 Å². The molecule has 0 saturated heterocycles. The molecule has 1 atom stereocenters. The zero-order valence-corrected chi connectivity index (χ0v) is 10.5. The predicted molar refractivity (Wildman–Crippen MR) is 67.1 cm³/mol. The second-order valence-corrected chi connectivity index (χ2v) is 3.57. The van der Waals surface area contributed by atoms with Gasteiger partial charge < -0.3 is 15.8 Å². The van der Waals surface area contributed by atoms with Crippen LogP contribution in [0.3, 0.4) is 0 Å². The Morgan fingerprint density at radius 3 is 2.76 bits per heavy atom. The number of rotatable bonds is 4. The van der Waals surface area contributed by atoms with Crippen LogP contribution in [0, 0.1) is 5.82 Å². The second kappa shape index (κ2) is 7.09. The number of hydrogen-bond donors (Lipinski definition) is 2. The first-order chi connectivity index (χ1) is 7.52. The standard InChI is InChI=1S/C11H15FN2O2.ClH/c1-7(13)5-11(15)14-9-4-3-8(12)6-10(9)16-2;/h3-4,6-7H,5,13H2,1-2H3,(H,14,15);1H. The summed E-state index contributed by atoms with van der Waals surface area (Å²) in [6.45, 7) is 1.74. The summed E-state index contributed by atoms with van der Waals surface area (Å²) in [5.74, 6) is -0.347. The van der Waals surface area contributed by atoms with Gasteiger partial charge in [-0.2, -0.15) is 0 Å². The van der Waals surface area contributed by atoms with Gasteiger partial charge >= 0.3 is 0 Å². The molecular weight excluding hydrogens is 247 g/mol. The molecule has 1 unspecified atom stereocenters. The first kappa shape index (κ1) is 15.7. The molecule has 3 N–H and O–H groups in total. The van der Waals surface area contributed by atoms with Gasteiger partial charge in [-0.05, 0) is 19.1 Å². The van der Waals surface area contributed by atoms with Crippen LogP contribution in [-0.4, -0.2) is 19.1 Å². The third-order valence-electron chi connectivity index (χ3n) is 1.95. The average Bonchev–Trinajstić information content (AvgIpc) is 2.19. The molecule has 1 amide bonds. The molecule has 1 aromatic carbocycles. The van der Waals surface area contributed by atoms with Gasteiger partial charge in [0, 0.05) is 18.5 Å². The number of methoxy groups -OCH3 is 1. The largest absolute Gasteiger partial charge is 0.494 e. The Morgan fingerprint density at radius 2 is 2.24 bits per heavy atom. The molecular formula is C11H16ClFN2O2. The molecule has 96 valence electrons. The lowest BCUT2D eigenvalue weighted by atomic mass is 10.2. The average molecular weight is 263 g/mol. The van der Waals surface area contributed by atoms with E-state index in [2.05, 4.69) is 5.32 Å². The number of ether oxygens (including phenoxy) is 1. The van der Waals surface area contributed by atoms with Crippen LogP contribution < -0.4 is 15.8 Å². The molecule has 1 aromatic rings. The Labute approximate surface area is 106 Å². The number of benzene rings is 1. The number of hydrogen-bond acceptors (Lipinski definition) is 3. The predicted octanol–water partition coefficient (Wildman–Crippen LogP) is 1.93. The summed E-state index contributed by atoms with van der Waals surface area (Å²) < 4.78 is 17.8. The van der Waals surface area contributed by atoms with E-state index in [1.807, 2.05) is 0 Å². The molecule has 0 aliphatic carbocycles. The minimum atomic E-state index is -0.415. The van der Waals surface area contributed by atoms with Gasteiger partial charge in [0.25, 0.3) is 0 Å². The van der Waals surface area contributed by atoms with Gasteiger partial charge in [-0.15, -0.1) is 12.4 Å². The fourth-order valence-corrected chi connectivity index (χ4v) is 1.26. The van der Waals surface area contributed by atoms with E-state index in [-0.39, 0.29) is 36.5 Å². The van der Waals surface area contributed by atoms with Crippen LogP contribution in [0.5, 0.6) is 5.75 Å². The van der Waals surface area contributed by atoms with Crippen LogP contribution in [0.15, 0.2) is 18.2 Å². The molecule has 0 fully saturated rings. The lowest BCUT2D eigenvalue weighted by molar-refractivity contribution is -0.116. The lowest BCUT2D eigenvalue weighted by Gasteiger charge is -2.11. The molecule has 0 bridgehead atoms. The number of halogens is 2. The molecule has 0 radical (unpaired) electrons. The van der Waals surface area contributed by atoms with E-state index in [9.17, 15) is 9.18 Å². The van der Waals surface area contributed by atoms with Crippen molar-refractivity contribution < 1.29 is 13.9 Å². The number of anilines is 1. The fraction of sp³-hybridized carbons (Fsp3) is 0.364. The van der Waals surface area contributed by atoms with E-state index < -0.39 is 5.82 Å². The molecule has 17 heavy (non-hydrogen) atoms. The highest BCUT2D eigenvalue weighted by Gasteiger charge is 2.09. The van der Waals surface area contributed by atoms with E-state index in [1.165, 1.54) is 25.3 Å². The summed E-state index contributed by atoms with van der Waals surface area (Å²) >= 11 is 0. The van der Waals surface area contributed by atoms with Gasteiger partial charge in [0.15, 0.2) is 0 Å². The van der Waals surface area contributed by atoms with E-state index in [0.29, 0.717) is 5.69 Å². The number of nitrogens with one attached hydrogen (secondary N) is 1. The van der Waals surface area contributed by atoms with E-state index in [0.717, 1.165) is 0 Å². The first-order valence-corrected chi connectivity index (χ1v) is 4.92. The molecule has 0 saturated carbocycles. The minimum absolute atomic E-state index is 0. The molecule has 0 aliphatic heterocycles. The monoisotopic (exact) mass is 262 g/mol. The van der Waals surface area contributed by atoms with Crippen LogP contribution >= 0.6 is 12.4 Å². The quantitative estimate of drug-likeness (QED) is 0.872. The molecule has 0 heterocycles. The van der Waals surface area contributed by atoms with Crippen molar-refractivity contribution >= 4 is 24.0 Å². The Bertz CT molecular complexity index is 386.